The first-order chi connectivity index (χ1) is 9.00. The molecule has 0 aliphatic heterocycles. The van der Waals surface area contributed by atoms with Crippen LogP contribution in [0.25, 0.3) is 0 Å². The van der Waals surface area contributed by atoms with Gasteiger partial charge in [-0.15, -0.1) is 0 Å². The van der Waals surface area contributed by atoms with E-state index in [1.165, 1.54) is 12.6 Å². The first-order valence-corrected chi connectivity index (χ1v) is 6.67. The minimum Gasteiger partial charge on any atom is -0.348 e. The van der Waals surface area contributed by atoms with E-state index in [0.717, 1.165) is 19.3 Å². The maximum absolute atomic E-state index is 12.1. The van der Waals surface area contributed by atoms with Crippen LogP contribution in [0, 0.1) is 16.7 Å². The maximum atomic E-state index is 12.1. The molecule has 0 saturated heterocycles. The van der Waals surface area contributed by atoms with Crippen LogP contribution in [0.1, 0.15) is 55.6 Å². The maximum Gasteiger partial charge on any atom is 0.270 e. The summed E-state index contributed by atoms with van der Waals surface area (Å²) < 4.78 is 0. The quantitative estimate of drug-likeness (QED) is 0.885. The lowest BCUT2D eigenvalue weighted by atomic mass is 9.75. The summed E-state index contributed by atoms with van der Waals surface area (Å²) in [4.78, 5) is 16.1. The van der Waals surface area contributed by atoms with Crippen LogP contribution in [0.2, 0.25) is 0 Å². The Hall–Kier alpha value is -1.89. The van der Waals surface area contributed by atoms with E-state index in [1.54, 1.807) is 12.1 Å². The normalized spacial score (nSPS) is 21.4. The number of pyridine rings is 1. The van der Waals surface area contributed by atoms with Crippen molar-refractivity contribution in [2.24, 2.45) is 5.41 Å². The van der Waals surface area contributed by atoms with Crippen molar-refractivity contribution >= 4 is 5.91 Å². The smallest absolute Gasteiger partial charge is 0.270 e. The van der Waals surface area contributed by atoms with Gasteiger partial charge in [-0.2, -0.15) is 5.26 Å². The third-order valence-electron chi connectivity index (χ3n) is 3.67. The van der Waals surface area contributed by atoms with Gasteiger partial charge < -0.3 is 5.32 Å². The van der Waals surface area contributed by atoms with E-state index in [4.69, 9.17) is 5.26 Å². The van der Waals surface area contributed by atoms with Gasteiger partial charge in [0.25, 0.3) is 5.91 Å². The molecule has 1 amide bonds. The molecular formula is C15H19N3O. The summed E-state index contributed by atoms with van der Waals surface area (Å²) in [5, 5.41) is 11.7. The molecule has 1 heterocycles. The van der Waals surface area contributed by atoms with Gasteiger partial charge in [-0.1, -0.05) is 20.3 Å². The van der Waals surface area contributed by atoms with Gasteiger partial charge in [-0.25, -0.2) is 4.98 Å². The Morgan fingerprint density at radius 1 is 1.53 bits per heavy atom. The van der Waals surface area contributed by atoms with Crippen molar-refractivity contribution in [2.45, 2.75) is 45.6 Å². The zero-order chi connectivity index (χ0) is 13.9. The molecule has 1 aliphatic carbocycles. The molecule has 100 valence electrons. The van der Waals surface area contributed by atoms with Crippen LogP contribution in [-0.2, 0) is 0 Å². The number of nitrogens with one attached hydrogen (secondary N) is 1. The number of rotatable bonds is 2. The number of hydrogen-bond acceptors (Lipinski definition) is 3. The minimum atomic E-state index is -0.146. The Morgan fingerprint density at radius 3 is 2.89 bits per heavy atom. The zero-order valence-corrected chi connectivity index (χ0v) is 11.4. The van der Waals surface area contributed by atoms with Gasteiger partial charge in [0.05, 0.1) is 5.56 Å². The van der Waals surface area contributed by atoms with Crippen molar-refractivity contribution in [2.75, 3.05) is 0 Å². The molecule has 19 heavy (non-hydrogen) atoms. The van der Waals surface area contributed by atoms with Gasteiger partial charge in [0.2, 0.25) is 0 Å². The molecule has 4 heteroatoms. The largest absolute Gasteiger partial charge is 0.348 e. The summed E-state index contributed by atoms with van der Waals surface area (Å²) in [6.45, 7) is 4.48. The number of aromatic nitrogens is 1. The molecule has 1 fully saturated rings. The molecule has 1 saturated carbocycles. The van der Waals surface area contributed by atoms with Crippen LogP contribution in [0.15, 0.2) is 18.3 Å². The summed E-state index contributed by atoms with van der Waals surface area (Å²) >= 11 is 0. The van der Waals surface area contributed by atoms with Crippen molar-refractivity contribution in [3.8, 4) is 6.07 Å². The highest BCUT2D eigenvalue weighted by Crippen LogP contribution is 2.35. The zero-order valence-electron chi connectivity index (χ0n) is 11.4. The number of amides is 1. The van der Waals surface area contributed by atoms with Gasteiger partial charge in [0.1, 0.15) is 11.8 Å². The fraction of sp³-hybridized carbons (Fsp3) is 0.533. The molecule has 1 aromatic rings. The first kappa shape index (κ1) is 13.5. The van der Waals surface area contributed by atoms with E-state index >= 15 is 0 Å². The average molecular weight is 257 g/mol. The van der Waals surface area contributed by atoms with Crippen LogP contribution in [0.5, 0.6) is 0 Å². The fourth-order valence-electron chi connectivity index (χ4n) is 2.68. The van der Waals surface area contributed by atoms with E-state index in [1.807, 2.05) is 6.07 Å². The van der Waals surface area contributed by atoms with Crippen molar-refractivity contribution in [3.63, 3.8) is 0 Å². The first-order valence-electron chi connectivity index (χ1n) is 6.67. The lowest BCUT2D eigenvalue weighted by Gasteiger charge is -2.35. The average Bonchev–Trinajstić information content (AvgIpc) is 2.37. The van der Waals surface area contributed by atoms with E-state index in [2.05, 4.69) is 24.1 Å². The van der Waals surface area contributed by atoms with E-state index < -0.39 is 0 Å². The molecule has 0 radical (unpaired) electrons. The minimum absolute atomic E-state index is 0.146. The molecule has 0 spiro atoms. The van der Waals surface area contributed by atoms with Crippen LogP contribution in [-0.4, -0.2) is 16.9 Å². The highest BCUT2D eigenvalue weighted by molar-refractivity contribution is 5.92. The highest BCUT2D eigenvalue weighted by Gasteiger charge is 2.29. The monoisotopic (exact) mass is 257 g/mol. The molecule has 1 aromatic heterocycles. The second-order valence-electron chi connectivity index (χ2n) is 5.97. The molecule has 0 aromatic carbocycles. The van der Waals surface area contributed by atoms with Gasteiger partial charge in [-0.3, -0.25) is 4.79 Å². The van der Waals surface area contributed by atoms with Gasteiger partial charge >= 0.3 is 0 Å². The van der Waals surface area contributed by atoms with Crippen molar-refractivity contribution in [1.29, 1.82) is 5.26 Å². The van der Waals surface area contributed by atoms with Gasteiger partial charge in [0.15, 0.2) is 0 Å². The Kier molecular flexibility index (Phi) is 3.84. The van der Waals surface area contributed by atoms with Crippen molar-refractivity contribution in [1.82, 2.24) is 10.3 Å². The van der Waals surface area contributed by atoms with Crippen molar-refractivity contribution < 1.29 is 4.79 Å². The molecule has 0 bridgehead atoms. The molecule has 1 atom stereocenters. The summed E-state index contributed by atoms with van der Waals surface area (Å²) in [7, 11) is 0. The number of nitriles is 1. The molecule has 4 nitrogen and oxygen atoms in total. The number of carbonyl (C=O) groups excluding carboxylic acids is 1. The lowest BCUT2D eigenvalue weighted by Crippen LogP contribution is -2.40. The third-order valence-corrected chi connectivity index (χ3v) is 3.67. The number of carbonyl (C=O) groups is 1. The van der Waals surface area contributed by atoms with E-state index in [0.29, 0.717) is 16.7 Å². The Morgan fingerprint density at radius 2 is 2.32 bits per heavy atom. The van der Waals surface area contributed by atoms with Crippen LogP contribution in [0.3, 0.4) is 0 Å². The number of nitrogens with zero attached hydrogens (tertiary/aromatic N) is 2. The Labute approximate surface area is 113 Å². The van der Waals surface area contributed by atoms with Gasteiger partial charge in [-0.05, 0) is 36.8 Å². The molecule has 2 rings (SSSR count). The van der Waals surface area contributed by atoms with Gasteiger partial charge in [0, 0.05) is 12.2 Å². The van der Waals surface area contributed by atoms with E-state index in [9.17, 15) is 4.79 Å². The topological polar surface area (TPSA) is 65.8 Å². The van der Waals surface area contributed by atoms with Crippen LogP contribution >= 0.6 is 0 Å². The lowest BCUT2D eigenvalue weighted by molar-refractivity contribution is 0.0897. The van der Waals surface area contributed by atoms with E-state index in [-0.39, 0.29) is 11.9 Å². The molecule has 1 N–H and O–H groups in total. The summed E-state index contributed by atoms with van der Waals surface area (Å²) in [6, 6.07) is 5.44. The SMILES string of the molecule is CC1(C)CCCC(NC(=O)c2ccc(C#N)cn2)C1. The second-order valence-corrected chi connectivity index (χ2v) is 5.97. The summed E-state index contributed by atoms with van der Waals surface area (Å²) in [5.41, 5.74) is 1.15. The Balaban J connectivity index is 1.98. The third kappa shape index (κ3) is 3.54. The predicted molar refractivity (Wildman–Crippen MR) is 72.5 cm³/mol. The van der Waals surface area contributed by atoms with Crippen LogP contribution in [0.4, 0.5) is 0 Å². The second kappa shape index (κ2) is 5.40. The van der Waals surface area contributed by atoms with Crippen LogP contribution < -0.4 is 5.32 Å². The number of hydrogen-bond donors (Lipinski definition) is 1. The highest BCUT2D eigenvalue weighted by atomic mass is 16.1. The summed E-state index contributed by atoms with van der Waals surface area (Å²) in [6.07, 6.45) is 5.84. The standard InChI is InChI=1S/C15H19N3O/c1-15(2)7-3-4-12(8-15)18-14(19)13-6-5-11(9-16)10-17-13/h5-6,10,12H,3-4,7-8H2,1-2H3,(H,18,19). The predicted octanol–water partition coefficient (Wildman–Crippen LogP) is 2.65. The Bertz CT molecular complexity index is 499. The summed E-state index contributed by atoms with van der Waals surface area (Å²) in [5.74, 6) is -0.146. The molecule has 1 unspecified atom stereocenters. The fourth-order valence-corrected chi connectivity index (χ4v) is 2.68. The van der Waals surface area contributed by atoms with Crippen molar-refractivity contribution in [3.05, 3.63) is 29.6 Å². The molecule has 1 aliphatic rings. The molecular weight excluding hydrogens is 238 g/mol.